The van der Waals surface area contributed by atoms with Gasteiger partial charge in [0.25, 0.3) is 0 Å². The average Bonchev–Trinajstić information content (AvgIpc) is 2.33. The van der Waals surface area contributed by atoms with Crippen molar-refractivity contribution in [2.45, 2.75) is 25.8 Å². The van der Waals surface area contributed by atoms with Gasteiger partial charge in [-0.1, -0.05) is 22.9 Å². The Morgan fingerprint density at radius 3 is 2.25 bits per heavy atom. The van der Waals surface area contributed by atoms with Crippen molar-refractivity contribution in [3.8, 4) is 0 Å². The largest absolute Gasteiger partial charge is 0.480 e. The van der Waals surface area contributed by atoms with E-state index < -0.39 is 34.9 Å². The molecule has 1 aromatic rings. The molecule has 2 amide bonds. The first kappa shape index (κ1) is 16.4. The zero-order chi connectivity index (χ0) is 15.5. The molecule has 0 radical (unpaired) electrons. The van der Waals surface area contributed by atoms with Crippen LogP contribution in [0, 0.1) is 11.6 Å². The van der Waals surface area contributed by atoms with Gasteiger partial charge < -0.3 is 15.7 Å². The molecule has 0 saturated carbocycles. The maximum absolute atomic E-state index is 13.5. The summed E-state index contributed by atoms with van der Waals surface area (Å²) < 4.78 is 27.2. The van der Waals surface area contributed by atoms with Crippen LogP contribution in [0.25, 0.3) is 0 Å². The molecule has 110 valence electrons. The molecule has 0 saturated heterocycles. The molecule has 5 nitrogen and oxygen atoms in total. The molecule has 0 bridgehead atoms. The third kappa shape index (κ3) is 3.66. The minimum Gasteiger partial charge on any atom is -0.480 e. The number of urea groups is 1. The maximum atomic E-state index is 13.5. The van der Waals surface area contributed by atoms with Crippen molar-refractivity contribution in [1.29, 1.82) is 0 Å². The van der Waals surface area contributed by atoms with E-state index in [4.69, 9.17) is 5.11 Å². The van der Waals surface area contributed by atoms with E-state index in [9.17, 15) is 18.4 Å². The Labute approximate surface area is 122 Å². The lowest BCUT2D eigenvalue weighted by Crippen LogP contribution is -2.53. The first-order valence-electron chi connectivity index (χ1n) is 5.66. The Morgan fingerprint density at radius 1 is 1.35 bits per heavy atom. The lowest BCUT2D eigenvalue weighted by Gasteiger charge is -2.24. The monoisotopic (exact) mass is 350 g/mol. The van der Waals surface area contributed by atoms with Gasteiger partial charge in [-0.3, -0.25) is 0 Å². The number of nitrogens with one attached hydrogen (secondary N) is 2. The SMILES string of the molecule is CCC(C)(NC(=O)Nc1c(F)cc(Br)cc1F)C(=O)O. The van der Waals surface area contributed by atoms with Gasteiger partial charge in [0.15, 0.2) is 11.6 Å². The van der Waals surface area contributed by atoms with Gasteiger partial charge in [0, 0.05) is 4.47 Å². The van der Waals surface area contributed by atoms with E-state index in [1.54, 1.807) is 6.92 Å². The Bertz CT molecular complexity index is 530. The number of hydrogen-bond donors (Lipinski definition) is 3. The highest BCUT2D eigenvalue weighted by molar-refractivity contribution is 9.10. The van der Waals surface area contributed by atoms with E-state index in [2.05, 4.69) is 21.2 Å². The number of anilines is 1. The quantitative estimate of drug-likeness (QED) is 0.780. The fourth-order valence-electron chi connectivity index (χ4n) is 1.35. The predicted octanol–water partition coefficient (Wildman–Crippen LogP) is 3.10. The summed E-state index contributed by atoms with van der Waals surface area (Å²) in [6.07, 6.45) is 0.112. The van der Waals surface area contributed by atoms with Gasteiger partial charge in [0.05, 0.1) is 0 Å². The van der Waals surface area contributed by atoms with Crippen molar-refractivity contribution < 1.29 is 23.5 Å². The lowest BCUT2D eigenvalue weighted by atomic mass is 10.00. The molecule has 1 atom stereocenters. The second-order valence-electron chi connectivity index (χ2n) is 4.31. The van der Waals surface area contributed by atoms with E-state index in [0.29, 0.717) is 0 Å². The molecule has 0 aliphatic heterocycles. The molecule has 1 unspecified atom stereocenters. The van der Waals surface area contributed by atoms with Gasteiger partial charge in [0.1, 0.15) is 11.2 Å². The van der Waals surface area contributed by atoms with Crippen LogP contribution in [0.2, 0.25) is 0 Å². The van der Waals surface area contributed by atoms with Gasteiger partial charge in [-0.2, -0.15) is 0 Å². The first-order chi connectivity index (χ1) is 9.19. The van der Waals surface area contributed by atoms with Crippen molar-refractivity contribution in [3.05, 3.63) is 28.2 Å². The summed E-state index contributed by atoms with van der Waals surface area (Å²) >= 11 is 2.91. The normalized spacial score (nSPS) is 13.4. The minimum absolute atomic E-state index is 0.112. The summed E-state index contributed by atoms with van der Waals surface area (Å²) in [7, 11) is 0. The highest BCUT2D eigenvalue weighted by atomic mass is 79.9. The van der Waals surface area contributed by atoms with Crippen LogP contribution in [0.15, 0.2) is 16.6 Å². The molecule has 8 heteroatoms. The molecule has 3 N–H and O–H groups in total. The maximum Gasteiger partial charge on any atom is 0.329 e. The van der Waals surface area contributed by atoms with E-state index >= 15 is 0 Å². The number of carboxylic acid groups (broad SMARTS) is 1. The van der Waals surface area contributed by atoms with Gasteiger partial charge in [0.2, 0.25) is 0 Å². The number of rotatable bonds is 4. The summed E-state index contributed by atoms with van der Waals surface area (Å²) in [5.41, 5.74) is -2.17. The number of carboxylic acids is 1. The molecule has 0 spiro atoms. The van der Waals surface area contributed by atoms with Crippen molar-refractivity contribution >= 4 is 33.6 Å². The summed E-state index contributed by atoms with van der Waals surface area (Å²) in [5.74, 6) is -3.19. The summed E-state index contributed by atoms with van der Waals surface area (Å²) in [5, 5.41) is 13.1. The van der Waals surface area contributed by atoms with Gasteiger partial charge in [-0.05, 0) is 25.5 Å². The second kappa shape index (κ2) is 6.17. The van der Waals surface area contributed by atoms with Crippen LogP contribution in [0.3, 0.4) is 0 Å². The van der Waals surface area contributed by atoms with Crippen molar-refractivity contribution in [1.82, 2.24) is 5.32 Å². The Balaban J connectivity index is 2.90. The highest BCUT2D eigenvalue weighted by Gasteiger charge is 2.33. The van der Waals surface area contributed by atoms with Gasteiger partial charge in [-0.15, -0.1) is 0 Å². The topological polar surface area (TPSA) is 78.4 Å². The third-order valence-corrected chi connectivity index (χ3v) is 3.27. The number of benzene rings is 1. The Kier molecular flexibility index (Phi) is 5.04. The molecule has 0 aliphatic carbocycles. The lowest BCUT2D eigenvalue weighted by molar-refractivity contribution is -0.143. The van der Waals surface area contributed by atoms with Crippen LogP contribution in [-0.2, 0) is 4.79 Å². The standard InChI is InChI=1S/C12H13BrF2N2O3/c1-3-12(2,10(18)19)17-11(20)16-9-7(14)4-6(13)5-8(9)15/h4-5H,3H2,1-2H3,(H,18,19)(H2,16,17,20). The van der Waals surface area contributed by atoms with Crippen LogP contribution in [-0.4, -0.2) is 22.6 Å². The third-order valence-electron chi connectivity index (χ3n) is 2.81. The summed E-state index contributed by atoms with van der Waals surface area (Å²) in [4.78, 5) is 22.7. The fraction of sp³-hybridized carbons (Fsp3) is 0.333. The molecule has 1 aromatic carbocycles. The predicted molar refractivity (Wildman–Crippen MR) is 72.5 cm³/mol. The number of carbonyl (C=O) groups excluding carboxylic acids is 1. The number of halogens is 3. The fourth-order valence-corrected chi connectivity index (χ4v) is 1.75. The van der Waals surface area contributed by atoms with Gasteiger partial charge >= 0.3 is 12.0 Å². The minimum atomic E-state index is -1.52. The molecule has 20 heavy (non-hydrogen) atoms. The number of aliphatic carboxylic acids is 1. The number of hydrogen-bond acceptors (Lipinski definition) is 2. The van der Waals surface area contributed by atoms with Crippen LogP contribution >= 0.6 is 15.9 Å². The highest BCUT2D eigenvalue weighted by Crippen LogP contribution is 2.23. The first-order valence-corrected chi connectivity index (χ1v) is 6.46. The van der Waals surface area contributed by atoms with Crippen molar-refractivity contribution in [3.63, 3.8) is 0 Å². The van der Waals surface area contributed by atoms with Crippen LogP contribution in [0.1, 0.15) is 20.3 Å². The van der Waals surface area contributed by atoms with E-state index in [0.717, 1.165) is 12.1 Å². The Morgan fingerprint density at radius 2 is 1.85 bits per heavy atom. The average molecular weight is 351 g/mol. The summed E-state index contributed by atoms with van der Waals surface area (Å²) in [6.45, 7) is 2.86. The molecule has 1 rings (SSSR count). The molecule has 0 aromatic heterocycles. The smallest absolute Gasteiger partial charge is 0.329 e. The second-order valence-corrected chi connectivity index (χ2v) is 5.23. The molecule has 0 fully saturated rings. The van der Waals surface area contributed by atoms with E-state index in [1.165, 1.54) is 6.92 Å². The van der Waals surface area contributed by atoms with E-state index in [1.807, 2.05) is 5.32 Å². The van der Waals surface area contributed by atoms with Crippen molar-refractivity contribution in [2.24, 2.45) is 0 Å². The Hall–Kier alpha value is -1.70. The molecule has 0 heterocycles. The molecular formula is C12H13BrF2N2O3. The zero-order valence-corrected chi connectivity index (χ0v) is 12.3. The van der Waals surface area contributed by atoms with Crippen LogP contribution < -0.4 is 10.6 Å². The number of amides is 2. The zero-order valence-electron chi connectivity index (χ0n) is 10.8. The number of carbonyl (C=O) groups is 2. The van der Waals surface area contributed by atoms with Crippen molar-refractivity contribution in [2.75, 3.05) is 5.32 Å². The van der Waals surface area contributed by atoms with Gasteiger partial charge in [-0.25, -0.2) is 18.4 Å². The van der Waals surface area contributed by atoms with Crippen LogP contribution in [0.4, 0.5) is 19.3 Å². The molecular weight excluding hydrogens is 338 g/mol. The summed E-state index contributed by atoms with van der Waals surface area (Å²) in [6, 6.07) is 0.959. The molecule has 0 aliphatic rings. The van der Waals surface area contributed by atoms with E-state index in [-0.39, 0.29) is 10.9 Å². The van der Waals surface area contributed by atoms with Crippen LogP contribution in [0.5, 0.6) is 0 Å².